The molecular weight excluding hydrogens is 356 g/mol. The van der Waals surface area contributed by atoms with Crippen molar-refractivity contribution in [3.63, 3.8) is 0 Å². The molecule has 0 saturated carbocycles. The lowest BCUT2D eigenvalue weighted by atomic mass is 10.3. The van der Waals surface area contributed by atoms with E-state index in [0.717, 1.165) is 17.4 Å². The summed E-state index contributed by atoms with van der Waals surface area (Å²) in [6.07, 6.45) is 0.790. The largest absolute Gasteiger partial charge is 0.461 e. The standard InChI is InChI=1S/C17H16N4O4S/c1-2-24-17(23)18-14(22)11-26-16-20-19-15(13-9-6-10-25-13)21(16)12-7-4-3-5-8-12/h3-10H,2,11H2,1H3,(H,18,22,23). The smallest absolute Gasteiger partial charge is 0.413 e. The molecule has 26 heavy (non-hydrogen) atoms. The van der Waals surface area contributed by atoms with Gasteiger partial charge in [0.2, 0.25) is 11.7 Å². The second-order valence-electron chi connectivity index (χ2n) is 5.01. The Morgan fingerprint density at radius 2 is 2.00 bits per heavy atom. The van der Waals surface area contributed by atoms with Crippen LogP contribution in [-0.2, 0) is 9.53 Å². The second kappa shape index (κ2) is 8.34. The van der Waals surface area contributed by atoms with Crippen LogP contribution < -0.4 is 5.32 Å². The lowest BCUT2D eigenvalue weighted by Gasteiger charge is -2.09. The Morgan fingerprint density at radius 3 is 2.69 bits per heavy atom. The van der Waals surface area contributed by atoms with Gasteiger partial charge in [0, 0.05) is 5.69 Å². The molecule has 9 heteroatoms. The molecule has 0 bridgehead atoms. The molecule has 2 aromatic heterocycles. The third kappa shape index (κ3) is 4.12. The van der Waals surface area contributed by atoms with E-state index < -0.39 is 12.0 Å². The van der Waals surface area contributed by atoms with Gasteiger partial charge in [0.25, 0.3) is 0 Å². The molecule has 0 unspecified atom stereocenters. The molecule has 0 aliphatic rings. The molecule has 134 valence electrons. The molecule has 0 fully saturated rings. The predicted molar refractivity (Wildman–Crippen MR) is 94.9 cm³/mol. The van der Waals surface area contributed by atoms with Crippen molar-refractivity contribution in [1.82, 2.24) is 20.1 Å². The molecule has 0 saturated heterocycles. The van der Waals surface area contributed by atoms with Gasteiger partial charge in [-0.25, -0.2) is 4.79 Å². The number of para-hydroxylation sites is 1. The van der Waals surface area contributed by atoms with E-state index in [1.165, 1.54) is 0 Å². The molecule has 8 nitrogen and oxygen atoms in total. The second-order valence-corrected chi connectivity index (χ2v) is 5.95. The fourth-order valence-corrected chi connectivity index (χ4v) is 2.94. The molecule has 0 atom stereocenters. The summed E-state index contributed by atoms with van der Waals surface area (Å²) in [7, 11) is 0. The van der Waals surface area contributed by atoms with E-state index in [0.29, 0.717) is 16.7 Å². The minimum absolute atomic E-state index is 0.0120. The number of nitrogens with zero attached hydrogens (tertiary/aromatic N) is 3. The summed E-state index contributed by atoms with van der Waals surface area (Å²) < 4.78 is 11.9. The molecule has 0 aliphatic carbocycles. The molecule has 0 spiro atoms. The van der Waals surface area contributed by atoms with Crippen LogP contribution in [0.2, 0.25) is 0 Å². The Morgan fingerprint density at radius 1 is 1.19 bits per heavy atom. The molecule has 2 amide bonds. The number of imide groups is 1. The highest BCUT2D eigenvalue weighted by Gasteiger charge is 2.19. The number of hydrogen-bond donors (Lipinski definition) is 1. The number of alkyl carbamates (subject to hydrolysis) is 1. The van der Waals surface area contributed by atoms with Gasteiger partial charge in [-0.1, -0.05) is 30.0 Å². The summed E-state index contributed by atoms with van der Waals surface area (Å²) >= 11 is 1.16. The van der Waals surface area contributed by atoms with Crippen LogP contribution in [0.25, 0.3) is 17.3 Å². The minimum atomic E-state index is -0.765. The zero-order valence-electron chi connectivity index (χ0n) is 13.9. The molecule has 1 N–H and O–H groups in total. The van der Waals surface area contributed by atoms with Gasteiger partial charge in [-0.05, 0) is 31.2 Å². The van der Waals surface area contributed by atoms with Crippen molar-refractivity contribution >= 4 is 23.8 Å². The Labute approximate surface area is 153 Å². The van der Waals surface area contributed by atoms with Crippen molar-refractivity contribution in [2.75, 3.05) is 12.4 Å². The number of thioether (sulfide) groups is 1. The lowest BCUT2D eigenvalue weighted by molar-refractivity contribution is -0.117. The highest BCUT2D eigenvalue weighted by atomic mass is 32.2. The summed E-state index contributed by atoms with van der Waals surface area (Å²) in [5.41, 5.74) is 0.831. The summed E-state index contributed by atoms with van der Waals surface area (Å²) in [5, 5.41) is 11.0. The van der Waals surface area contributed by atoms with Crippen LogP contribution in [0.3, 0.4) is 0 Å². The van der Waals surface area contributed by atoms with Crippen LogP contribution in [0.4, 0.5) is 4.79 Å². The molecule has 1 aromatic carbocycles. The number of carbonyl (C=O) groups is 2. The molecule has 0 aliphatic heterocycles. The van der Waals surface area contributed by atoms with Gasteiger partial charge in [-0.2, -0.15) is 0 Å². The van der Waals surface area contributed by atoms with Crippen LogP contribution >= 0.6 is 11.8 Å². The third-order valence-electron chi connectivity index (χ3n) is 3.24. The first kappa shape index (κ1) is 17.7. The third-order valence-corrected chi connectivity index (χ3v) is 4.17. The number of furan rings is 1. The fraction of sp³-hybridized carbons (Fsp3) is 0.176. The van der Waals surface area contributed by atoms with Gasteiger partial charge in [-0.3, -0.25) is 14.7 Å². The summed E-state index contributed by atoms with van der Waals surface area (Å²) in [4.78, 5) is 23.2. The Balaban J connectivity index is 1.82. The van der Waals surface area contributed by atoms with Gasteiger partial charge < -0.3 is 9.15 Å². The van der Waals surface area contributed by atoms with Gasteiger partial charge in [0.1, 0.15) is 0 Å². The van der Waals surface area contributed by atoms with Crippen LogP contribution in [0.1, 0.15) is 6.92 Å². The predicted octanol–water partition coefficient (Wildman–Crippen LogP) is 2.89. The Hall–Kier alpha value is -3.07. The zero-order valence-corrected chi connectivity index (χ0v) is 14.7. The summed E-state index contributed by atoms with van der Waals surface area (Å²) in [6, 6.07) is 13.0. The molecule has 0 radical (unpaired) electrons. The van der Waals surface area contributed by atoms with Crippen molar-refractivity contribution in [2.24, 2.45) is 0 Å². The van der Waals surface area contributed by atoms with Gasteiger partial charge in [0.15, 0.2) is 10.9 Å². The fourth-order valence-electron chi connectivity index (χ4n) is 2.19. The zero-order chi connectivity index (χ0) is 18.4. The number of nitrogens with one attached hydrogen (secondary N) is 1. The highest BCUT2D eigenvalue weighted by molar-refractivity contribution is 7.99. The first-order valence-corrected chi connectivity index (χ1v) is 8.81. The van der Waals surface area contributed by atoms with Crippen molar-refractivity contribution in [1.29, 1.82) is 0 Å². The topological polar surface area (TPSA) is 99.2 Å². The highest BCUT2D eigenvalue weighted by Crippen LogP contribution is 2.27. The van der Waals surface area contributed by atoms with Crippen molar-refractivity contribution < 1.29 is 18.7 Å². The van der Waals surface area contributed by atoms with E-state index in [1.54, 1.807) is 29.9 Å². The summed E-state index contributed by atoms with van der Waals surface area (Å²) in [5.74, 6) is 0.594. The Kier molecular flexibility index (Phi) is 5.69. The van der Waals surface area contributed by atoms with E-state index in [-0.39, 0.29) is 12.4 Å². The van der Waals surface area contributed by atoms with Gasteiger partial charge in [0.05, 0.1) is 18.6 Å². The average Bonchev–Trinajstić information content (AvgIpc) is 3.30. The van der Waals surface area contributed by atoms with E-state index in [4.69, 9.17) is 4.42 Å². The van der Waals surface area contributed by atoms with E-state index >= 15 is 0 Å². The van der Waals surface area contributed by atoms with E-state index in [2.05, 4.69) is 20.3 Å². The average molecular weight is 372 g/mol. The van der Waals surface area contributed by atoms with Crippen molar-refractivity contribution in [2.45, 2.75) is 12.1 Å². The monoisotopic (exact) mass is 372 g/mol. The number of rotatable bonds is 6. The lowest BCUT2D eigenvalue weighted by Crippen LogP contribution is -2.32. The molecule has 3 aromatic rings. The van der Waals surface area contributed by atoms with E-state index in [9.17, 15) is 9.59 Å². The number of carbonyl (C=O) groups excluding carboxylic acids is 2. The number of aromatic nitrogens is 3. The normalized spacial score (nSPS) is 10.5. The number of hydrogen-bond acceptors (Lipinski definition) is 7. The number of benzene rings is 1. The van der Waals surface area contributed by atoms with Crippen LogP contribution in [0, 0.1) is 0 Å². The number of amides is 2. The maximum absolute atomic E-state index is 11.9. The number of ether oxygens (including phenoxy) is 1. The SMILES string of the molecule is CCOC(=O)NC(=O)CSc1nnc(-c2ccco2)n1-c1ccccc1. The summed E-state index contributed by atoms with van der Waals surface area (Å²) in [6.45, 7) is 1.86. The van der Waals surface area contributed by atoms with Crippen LogP contribution in [-0.4, -0.2) is 39.1 Å². The van der Waals surface area contributed by atoms with Crippen LogP contribution in [0.15, 0.2) is 58.3 Å². The molecule has 3 rings (SSSR count). The van der Waals surface area contributed by atoms with E-state index in [1.807, 2.05) is 30.3 Å². The van der Waals surface area contributed by atoms with Crippen molar-refractivity contribution in [3.05, 3.63) is 48.7 Å². The minimum Gasteiger partial charge on any atom is -0.461 e. The van der Waals surface area contributed by atoms with Gasteiger partial charge in [-0.15, -0.1) is 10.2 Å². The maximum atomic E-state index is 11.9. The Bertz CT molecular complexity index is 878. The van der Waals surface area contributed by atoms with Crippen LogP contribution in [0.5, 0.6) is 0 Å². The quantitative estimate of drug-likeness (QED) is 0.664. The first-order valence-electron chi connectivity index (χ1n) is 7.83. The maximum Gasteiger partial charge on any atom is 0.413 e. The van der Waals surface area contributed by atoms with Crippen molar-refractivity contribution in [3.8, 4) is 17.3 Å². The molecular formula is C17H16N4O4S. The first-order chi connectivity index (χ1) is 12.7. The van der Waals surface area contributed by atoms with Gasteiger partial charge >= 0.3 is 6.09 Å². The molecule has 2 heterocycles.